The Labute approximate surface area is 96.5 Å². The maximum atomic E-state index is 9.31. The molecule has 0 amide bonds. The zero-order chi connectivity index (χ0) is 11.4. The number of nitrogens with one attached hydrogen (secondary N) is 2. The minimum Gasteiger partial charge on any atom is -0.396 e. The van der Waals surface area contributed by atoms with Crippen LogP contribution in [0.4, 0.5) is 0 Å². The summed E-state index contributed by atoms with van der Waals surface area (Å²) < 4.78 is 0. The molecule has 2 rings (SSSR count). The maximum absolute atomic E-state index is 9.31. The first-order chi connectivity index (χ1) is 7.81. The topological polar surface area (TPSA) is 60.9 Å². The van der Waals surface area contributed by atoms with Gasteiger partial charge in [0.1, 0.15) is 0 Å². The third-order valence-electron chi connectivity index (χ3n) is 3.61. The minimum absolute atomic E-state index is 0.303. The number of hydrogen-bond acceptors (Lipinski definition) is 3. The standard InChI is InChI=1S/C12H21N3O/c1-9-12(15-8-14-9)6-13-11-5-3-2-4-10(11)7-16/h8,10-11,13,16H,2-7H2,1H3,(H,14,15). The van der Waals surface area contributed by atoms with E-state index >= 15 is 0 Å². The predicted molar refractivity (Wildman–Crippen MR) is 63.0 cm³/mol. The predicted octanol–water partition coefficient (Wildman–Crippen LogP) is 1.36. The number of rotatable bonds is 4. The molecule has 3 N–H and O–H groups in total. The van der Waals surface area contributed by atoms with Crippen molar-refractivity contribution in [2.45, 2.75) is 45.2 Å². The second-order valence-electron chi connectivity index (χ2n) is 4.69. The molecule has 1 fully saturated rings. The van der Waals surface area contributed by atoms with E-state index in [1.54, 1.807) is 6.33 Å². The first kappa shape index (κ1) is 11.6. The molecule has 0 saturated heterocycles. The van der Waals surface area contributed by atoms with E-state index in [-0.39, 0.29) is 0 Å². The average molecular weight is 223 g/mol. The lowest BCUT2D eigenvalue weighted by atomic mass is 9.85. The smallest absolute Gasteiger partial charge is 0.0925 e. The van der Waals surface area contributed by atoms with E-state index in [0.717, 1.165) is 24.4 Å². The van der Waals surface area contributed by atoms with Gasteiger partial charge >= 0.3 is 0 Å². The number of H-pyrrole nitrogens is 1. The summed E-state index contributed by atoms with van der Waals surface area (Å²) in [6.45, 7) is 3.14. The molecule has 2 unspecified atom stereocenters. The zero-order valence-electron chi connectivity index (χ0n) is 9.87. The van der Waals surface area contributed by atoms with Gasteiger partial charge in [0.2, 0.25) is 0 Å². The van der Waals surface area contributed by atoms with Crippen LogP contribution >= 0.6 is 0 Å². The molecule has 4 nitrogen and oxygen atoms in total. The van der Waals surface area contributed by atoms with Gasteiger partial charge in [-0.05, 0) is 25.7 Å². The van der Waals surface area contributed by atoms with Crippen LogP contribution in [0.1, 0.15) is 37.1 Å². The van der Waals surface area contributed by atoms with Crippen LogP contribution in [-0.4, -0.2) is 27.7 Å². The lowest BCUT2D eigenvalue weighted by Crippen LogP contribution is -2.39. The molecular weight excluding hydrogens is 202 g/mol. The van der Waals surface area contributed by atoms with Crippen LogP contribution in [0.15, 0.2) is 6.33 Å². The van der Waals surface area contributed by atoms with Crippen molar-refractivity contribution in [3.8, 4) is 0 Å². The fourth-order valence-electron chi connectivity index (χ4n) is 2.49. The molecule has 1 saturated carbocycles. The highest BCUT2D eigenvalue weighted by Gasteiger charge is 2.23. The Kier molecular flexibility index (Phi) is 3.96. The van der Waals surface area contributed by atoms with Crippen molar-refractivity contribution in [1.82, 2.24) is 15.3 Å². The molecule has 1 aromatic rings. The van der Waals surface area contributed by atoms with Gasteiger partial charge in [0.15, 0.2) is 0 Å². The number of aryl methyl sites for hydroxylation is 1. The van der Waals surface area contributed by atoms with Crippen LogP contribution in [0, 0.1) is 12.8 Å². The van der Waals surface area contributed by atoms with Gasteiger partial charge < -0.3 is 15.4 Å². The van der Waals surface area contributed by atoms with E-state index in [1.807, 2.05) is 6.92 Å². The fraction of sp³-hybridized carbons (Fsp3) is 0.750. The molecule has 0 aromatic carbocycles. The molecule has 4 heteroatoms. The first-order valence-electron chi connectivity index (χ1n) is 6.14. The molecule has 0 spiro atoms. The van der Waals surface area contributed by atoms with Gasteiger partial charge in [0.25, 0.3) is 0 Å². The lowest BCUT2D eigenvalue weighted by molar-refractivity contribution is 0.152. The number of aliphatic hydroxyl groups excluding tert-OH is 1. The molecule has 1 aliphatic carbocycles. The molecule has 0 bridgehead atoms. The van der Waals surface area contributed by atoms with E-state index < -0.39 is 0 Å². The number of aromatic amines is 1. The van der Waals surface area contributed by atoms with Crippen molar-refractivity contribution >= 4 is 0 Å². The SMILES string of the molecule is Cc1[nH]cnc1CNC1CCCCC1CO. The molecule has 1 heterocycles. The van der Waals surface area contributed by atoms with Crippen molar-refractivity contribution in [2.24, 2.45) is 5.92 Å². The van der Waals surface area contributed by atoms with Gasteiger partial charge in [-0.25, -0.2) is 4.98 Å². The Hall–Kier alpha value is -0.870. The molecule has 0 aliphatic heterocycles. The molecule has 2 atom stereocenters. The van der Waals surface area contributed by atoms with Gasteiger partial charge in [-0.2, -0.15) is 0 Å². The van der Waals surface area contributed by atoms with Gasteiger partial charge in [-0.15, -0.1) is 0 Å². The number of aliphatic hydroxyl groups is 1. The van der Waals surface area contributed by atoms with Crippen LogP contribution in [0.25, 0.3) is 0 Å². The summed E-state index contributed by atoms with van der Waals surface area (Å²) in [5.74, 6) is 0.424. The Morgan fingerprint density at radius 2 is 2.31 bits per heavy atom. The van der Waals surface area contributed by atoms with Crippen molar-refractivity contribution in [2.75, 3.05) is 6.61 Å². The summed E-state index contributed by atoms with van der Waals surface area (Å²) in [4.78, 5) is 7.35. The van der Waals surface area contributed by atoms with E-state index in [1.165, 1.54) is 19.3 Å². The fourth-order valence-corrected chi connectivity index (χ4v) is 2.49. The normalized spacial score (nSPS) is 25.9. The second-order valence-corrected chi connectivity index (χ2v) is 4.69. The highest BCUT2D eigenvalue weighted by atomic mass is 16.3. The van der Waals surface area contributed by atoms with Gasteiger partial charge in [-0.3, -0.25) is 0 Å². The molecule has 1 aromatic heterocycles. The summed E-state index contributed by atoms with van der Waals surface area (Å²) in [5, 5.41) is 12.8. The highest BCUT2D eigenvalue weighted by Crippen LogP contribution is 2.24. The number of aromatic nitrogens is 2. The van der Waals surface area contributed by atoms with E-state index in [4.69, 9.17) is 0 Å². The number of nitrogens with zero attached hydrogens (tertiary/aromatic N) is 1. The second kappa shape index (κ2) is 5.46. The Balaban J connectivity index is 1.86. The summed E-state index contributed by atoms with van der Waals surface area (Å²) in [6, 6.07) is 0.454. The Bertz CT molecular complexity index is 324. The third-order valence-corrected chi connectivity index (χ3v) is 3.61. The number of imidazole rings is 1. The molecular formula is C12H21N3O. The highest BCUT2D eigenvalue weighted by molar-refractivity contribution is 5.08. The van der Waals surface area contributed by atoms with Gasteiger partial charge in [-0.1, -0.05) is 12.8 Å². The zero-order valence-corrected chi connectivity index (χ0v) is 9.87. The average Bonchev–Trinajstić information content (AvgIpc) is 2.72. The van der Waals surface area contributed by atoms with Crippen molar-refractivity contribution < 1.29 is 5.11 Å². The van der Waals surface area contributed by atoms with Crippen molar-refractivity contribution in [3.05, 3.63) is 17.7 Å². The van der Waals surface area contributed by atoms with Crippen molar-refractivity contribution in [1.29, 1.82) is 0 Å². The Morgan fingerprint density at radius 3 is 3.00 bits per heavy atom. The van der Waals surface area contributed by atoms with E-state index in [2.05, 4.69) is 15.3 Å². The maximum Gasteiger partial charge on any atom is 0.0925 e. The summed E-state index contributed by atoms with van der Waals surface area (Å²) >= 11 is 0. The van der Waals surface area contributed by atoms with E-state index in [9.17, 15) is 5.11 Å². The third kappa shape index (κ3) is 2.62. The van der Waals surface area contributed by atoms with Crippen LogP contribution in [0.3, 0.4) is 0 Å². The molecule has 0 radical (unpaired) electrons. The molecule has 16 heavy (non-hydrogen) atoms. The minimum atomic E-state index is 0.303. The largest absolute Gasteiger partial charge is 0.396 e. The monoisotopic (exact) mass is 223 g/mol. The van der Waals surface area contributed by atoms with E-state index in [0.29, 0.717) is 18.6 Å². The molecule has 90 valence electrons. The molecule has 1 aliphatic rings. The summed E-state index contributed by atoms with van der Waals surface area (Å²) in [6.07, 6.45) is 6.58. The van der Waals surface area contributed by atoms with Gasteiger partial charge in [0.05, 0.1) is 12.0 Å². The lowest BCUT2D eigenvalue weighted by Gasteiger charge is -2.30. The Morgan fingerprint density at radius 1 is 1.50 bits per heavy atom. The van der Waals surface area contributed by atoms with Crippen LogP contribution < -0.4 is 5.32 Å². The summed E-state index contributed by atoms with van der Waals surface area (Å²) in [5.41, 5.74) is 2.21. The number of hydrogen-bond donors (Lipinski definition) is 3. The first-order valence-corrected chi connectivity index (χ1v) is 6.14. The van der Waals surface area contributed by atoms with Crippen molar-refractivity contribution in [3.63, 3.8) is 0 Å². The summed E-state index contributed by atoms with van der Waals surface area (Å²) in [7, 11) is 0. The van der Waals surface area contributed by atoms with Crippen LogP contribution in [-0.2, 0) is 6.54 Å². The quantitative estimate of drug-likeness (QED) is 0.722. The van der Waals surface area contributed by atoms with Crippen LogP contribution in [0.2, 0.25) is 0 Å². The van der Waals surface area contributed by atoms with Crippen LogP contribution in [0.5, 0.6) is 0 Å². The van der Waals surface area contributed by atoms with Gasteiger partial charge in [0, 0.05) is 24.9 Å².